The third kappa shape index (κ3) is 5.52. The SMILES string of the molecule is CC[C@@H](Oc1ccccc1)C(=O)O[C@H](C)C(=O)NC(N)=O. The molecule has 0 heterocycles. The van der Waals surface area contributed by atoms with E-state index in [1.165, 1.54) is 6.92 Å². The first-order valence-electron chi connectivity index (χ1n) is 6.46. The zero-order valence-corrected chi connectivity index (χ0v) is 11.9. The lowest BCUT2D eigenvalue weighted by molar-refractivity contribution is -0.161. The molecule has 1 aromatic carbocycles. The van der Waals surface area contributed by atoms with Gasteiger partial charge in [0.05, 0.1) is 0 Å². The Morgan fingerprint density at radius 2 is 1.86 bits per heavy atom. The molecule has 21 heavy (non-hydrogen) atoms. The molecule has 7 nitrogen and oxygen atoms in total. The average Bonchev–Trinajstić information content (AvgIpc) is 2.44. The van der Waals surface area contributed by atoms with Crippen LogP contribution in [0.15, 0.2) is 30.3 Å². The summed E-state index contributed by atoms with van der Waals surface area (Å²) in [6.45, 7) is 3.09. The van der Waals surface area contributed by atoms with Crippen LogP contribution in [-0.2, 0) is 14.3 Å². The number of nitrogens with two attached hydrogens (primary N) is 1. The molecule has 0 aromatic heterocycles. The molecule has 1 aromatic rings. The molecule has 0 radical (unpaired) electrons. The van der Waals surface area contributed by atoms with E-state index in [4.69, 9.17) is 15.2 Å². The third-order valence-electron chi connectivity index (χ3n) is 2.56. The summed E-state index contributed by atoms with van der Waals surface area (Å²) in [5.74, 6) is -0.950. The fourth-order valence-corrected chi connectivity index (χ4v) is 1.49. The molecule has 2 atom stereocenters. The van der Waals surface area contributed by atoms with Gasteiger partial charge in [0, 0.05) is 0 Å². The van der Waals surface area contributed by atoms with Crippen molar-refractivity contribution in [2.75, 3.05) is 0 Å². The molecule has 0 unspecified atom stereocenters. The maximum Gasteiger partial charge on any atom is 0.348 e. The van der Waals surface area contributed by atoms with Gasteiger partial charge in [0.1, 0.15) is 5.75 Å². The second-order valence-electron chi connectivity index (χ2n) is 4.26. The molecule has 3 N–H and O–H groups in total. The lowest BCUT2D eigenvalue weighted by Crippen LogP contribution is -2.43. The highest BCUT2D eigenvalue weighted by Gasteiger charge is 2.25. The molecule has 0 aliphatic rings. The number of esters is 1. The van der Waals surface area contributed by atoms with E-state index in [0.29, 0.717) is 12.2 Å². The van der Waals surface area contributed by atoms with Crippen molar-refractivity contribution in [3.8, 4) is 5.75 Å². The van der Waals surface area contributed by atoms with E-state index in [1.54, 1.807) is 31.2 Å². The van der Waals surface area contributed by atoms with Crippen molar-refractivity contribution < 1.29 is 23.9 Å². The number of ether oxygens (including phenoxy) is 2. The van der Waals surface area contributed by atoms with Crippen molar-refractivity contribution in [2.24, 2.45) is 5.73 Å². The fourth-order valence-electron chi connectivity index (χ4n) is 1.49. The van der Waals surface area contributed by atoms with Crippen molar-refractivity contribution in [1.29, 1.82) is 0 Å². The lowest BCUT2D eigenvalue weighted by Gasteiger charge is -2.19. The van der Waals surface area contributed by atoms with Gasteiger partial charge in [-0.05, 0) is 25.5 Å². The Morgan fingerprint density at radius 3 is 2.38 bits per heavy atom. The van der Waals surface area contributed by atoms with E-state index in [2.05, 4.69) is 0 Å². The Balaban J connectivity index is 2.59. The van der Waals surface area contributed by atoms with Gasteiger partial charge < -0.3 is 15.2 Å². The maximum atomic E-state index is 11.9. The number of amides is 3. The molecule has 0 aliphatic carbocycles. The topological polar surface area (TPSA) is 108 Å². The molecule has 0 fully saturated rings. The Bertz CT molecular complexity index is 503. The Labute approximate surface area is 122 Å². The van der Waals surface area contributed by atoms with E-state index in [0.717, 1.165) is 0 Å². The Hall–Kier alpha value is -2.57. The number of imide groups is 1. The number of urea groups is 1. The monoisotopic (exact) mass is 294 g/mol. The van der Waals surface area contributed by atoms with E-state index < -0.39 is 30.1 Å². The Morgan fingerprint density at radius 1 is 1.24 bits per heavy atom. The third-order valence-corrected chi connectivity index (χ3v) is 2.56. The van der Waals surface area contributed by atoms with Crippen LogP contribution in [0.1, 0.15) is 20.3 Å². The molecule has 7 heteroatoms. The predicted octanol–water partition coefficient (Wildman–Crippen LogP) is 0.971. The summed E-state index contributed by atoms with van der Waals surface area (Å²) in [4.78, 5) is 33.9. The van der Waals surface area contributed by atoms with E-state index in [1.807, 2.05) is 11.4 Å². The van der Waals surface area contributed by atoms with Crippen LogP contribution in [0.2, 0.25) is 0 Å². The number of primary amides is 1. The second kappa shape index (κ2) is 7.88. The van der Waals surface area contributed by atoms with Gasteiger partial charge in [0.2, 0.25) is 0 Å². The van der Waals surface area contributed by atoms with Crippen LogP contribution in [0.4, 0.5) is 4.79 Å². The highest BCUT2D eigenvalue weighted by molar-refractivity contribution is 5.96. The van der Waals surface area contributed by atoms with E-state index in [-0.39, 0.29) is 0 Å². The molecule has 114 valence electrons. The number of nitrogens with one attached hydrogen (secondary N) is 1. The normalized spacial score (nSPS) is 12.9. The van der Waals surface area contributed by atoms with Gasteiger partial charge in [-0.25, -0.2) is 9.59 Å². The molecule has 1 rings (SSSR count). The molecule has 0 spiro atoms. The summed E-state index contributed by atoms with van der Waals surface area (Å²) in [7, 11) is 0. The first-order chi connectivity index (χ1) is 9.93. The lowest BCUT2D eigenvalue weighted by atomic mass is 10.2. The standard InChI is InChI=1S/C14H18N2O5/c1-3-11(21-10-7-5-4-6-8-10)13(18)20-9(2)12(17)16-14(15)19/h4-9,11H,3H2,1-2H3,(H3,15,16,17,19)/t9-,11-/m1/s1. The van der Waals surface area contributed by atoms with Crippen molar-refractivity contribution >= 4 is 17.9 Å². The maximum absolute atomic E-state index is 11.9. The highest BCUT2D eigenvalue weighted by atomic mass is 16.6. The van der Waals surface area contributed by atoms with Crippen LogP contribution in [0.25, 0.3) is 0 Å². The van der Waals surface area contributed by atoms with Gasteiger partial charge in [-0.3, -0.25) is 10.1 Å². The molecule has 0 saturated heterocycles. The molecule has 3 amide bonds. The molecule has 0 aliphatic heterocycles. The molecular weight excluding hydrogens is 276 g/mol. The summed E-state index contributed by atoms with van der Waals surface area (Å²) in [6, 6.07) is 7.78. The van der Waals surface area contributed by atoms with E-state index >= 15 is 0 Å². The van der Waals surface area contributed by atoms with Crippen LogP contribution < -0.4 is 15.8 Å². The largest absolute Gasteiger partial charge is 0.479 e. The van der Waals surface area contributed by atoms with Crippen molar-refractivity contribution in [2.45, 2.75) is 32.5 Å². The molecule has 0 bridgehead atoms. The van der Waals surface area contributed by atoms with Crippen molar-refractivity contribution in [3.05, 3.63) is 30.3 Å². The van der Waals surface area contributed by atoms with Crippen LogP contribution in [-0.4, -0.2) is 30.1 Å². The van der Waals surface area contributed by atoms with Crippen LogP contribution >= 0.6 is 0 Å². The van der Waals surface area contributed by atoms with Crippen LogP contribution in [0.5, 0.6) is 5.75 Å². The smallest absolute Gasteiger partial charge is 0.348 e. The van der Waals surface area contributed by atoms with E-state index in [9.17, 15) is 14.4 Å². The van der Waals surface area contributed by atoms with Crippen molar-refractivity contribution in [3.63, 3.8) is 0 Å². The zero-order valence-electron chi connectivity index (χ0n) is 11.9. The second-order valence-corrected chi connectivity index (χ2v) is 4.26. The Kier molecular flexibility index (Phi) is 6.19. The van der Waals surface area contributed by atoms with Gasteiger partial charge >= 0.3 is 12.0 Å². The number of hydrogen-bond donors (Lipinski definition) is 2. The van der Waals surface area contributed by atoms with Crippen LogP contribution in [0, 0.1) is 0 Å². The summed E-state index contributed by atoms with van der Waals surface area (Å²) in [5.41, 5.74) is 4.81. The van der Waals surface area contributed by atoms with Crippen LogP contribution in [0.3, 0.4) is 0 Å². The highest BCUT2D eigenvalue weighted by Crippen LogP contribution is 2.13. The zero-order chi connectivity index (χ0) is 15.8. The number of carbonyl (C=O) groups excluding carboxylic acids is 3. The van der Waals surface area contributed by atoms with Gasteiger partial charge in [0.25, 0.3) is 5.91 Å². The summed E-state index contributed by atoms with van der Waals surface area (Å²) in [5, 5.41) is 1.84. The summed E-state index contributed by atoms with van der Waals surface area (Å²) in [6.07, 6.45) is -1.60. The van der Waals surface area contributed by atoms with Gasteiger partial charge in [-0.1, -0.05) is 25.1 Å². The van der Waals surface area contributed by atoms with Gasteiger partial charge in [-0.15, -0.1) is 0 Å². The number of hydrogen-bond acceptors (Lipinski definition) is 5. The summed E-state index contributed by atoms with van der Waals surface area (Å²) >= 11 is 0. The first kappa shape index (κ1) is 16.5. The minimum absolute atomic E-state index is 0.373. The molecule has 0 saturated carbocycles. The number of carbonyl (C=O) groups is 3. The van der Waals surface area contributed by atoms with Gasteiger partial charge in [0.15, 0.2) is 12.2 Å². The first-order valence-corrected chi connectivity index (χ1v) is 6.46. The number of benzene rings is 1. The number of rotatable bonds is 6. The average molecular weight is 294 g/mol. The quantitative estimate of drug-likeness (QED) is 0.760. The summed E-state index contributed by atoms with van der Waals surface area (Å²) < 4.78 is 10.4. The number of para-hydroxylation sites is 1. The predicted molar refractivity (Wildman–Crippen MR) is 74.4 cm³/mol. The fraction of sp³-hybridized carbons (Fsp3) is 0.357. The minimum Gasteiger partial charge on any atom is -0.479 e. The van der Waals surface area contributed by atoms with Crippen molar-refractivity contribution in [1.82, 2.24) is 5.32 Å². The molecular formula is C14H18N2O5. The minimum atomic E-state index is -1.14. The van der Waals surface area contributed by atoms with Gasteiger partial charge in [-0.2, -0.15) is 0 Å².